The summed E-state index contributed by atoms with van der Waals surface area (Å²) < 4.78 is 29.0. The lowest BCUT2D eigenvalue weighted by Gasteiger charge is -2.36. The number of esters is 2. The lowest BCUT2D eigenvalue weighted by atomic mass is 9.91. The van der Waals surface area contributed by atoms with Crippen LogP contribution in [0.1, 0.15) is 74.0 Å². The molecule has 2 fully saturated rings. The third-order valence-corrected chi connectivity index (χ3v) is 6.87. The molecule has 0 bridgehead atoms. The SMILES string of the molecule is CCc1ccc(Cc2cc([C@H]3C[C@@H](OC(C)=O)C[C@@H](COC(C)=O)O3)c(O[C@H]3CCOC3)cc2C#N)cc1. The number of hydrogen-bond acceptors (Lipinski definition) is 8. The minimum Gasteiger partial charge on any atom is -0.487 e. The molecule has 2 saturated heterocycles. The molecule has 0 unspecified atom stereocenters. The summed E-state index contributed by atoms with van der Waals surface area (Å²) >= 11 is 0. The van der Waals surface area contributed by atoms with Crippen LogP contribution in [-0.2, 0) is 41.4 Å². The van der Waals surface area contributed by atoms with Crippen LogP contribution in [0.3, 0.4) is 0 Å². The summed E-state index contributed by atoms with van der Waals surface area (Å²) in [6.45, 7) is 6.00. The fourth-order valence-electron chi connectivity index (χ4n) is 4.97. The Morgan fingerprint density at radius 3 is 2.45 bits per heavy atom. The topological polar surface area (TPSA) is 104 Å². The summed E-state index contributed by atoms with van der Waals surface area (Å²) in [7, 11) is 0. The molecule has 8 nitrogen and oxygen atoms in total. The Morgan fingerprint density at radius 2 is 1.82 bits per heavy atom. The highest BCUT2D eigenvalue weighted by Crippen LogP contribution is 2.40. The van der Waals surface area contributed by atoms with Gasteiger partial charge in [0.25, 0.3) is 0 Å². The molecule has 2 aliphatic heterocycles. The van der Waals surface area contributed by atoms with Gasteiger partial charge in [0.1, 0.15) is 24.6 Å². The van der Waals surface area contributed by atoms with Crippen molar-refractivity contribution in [3.05, 3.63) is 64.2 Å². The average molecular weight is 522 g/mol. The van der Waals surface area contributed by atoms with Gasteiger partial charge in [0, 0.05) is 38.7 Å². The highest BCUT2D eigenvalue weighted by Gasteiger charge is 2.35. The Kier molecular flexibility index (Phi) is 9.38. The molecule has 8 heteroatoms. The molecule has 202 valence electrons. The number of nitrogens with zero attached hydrogens (tertiary/aromatic N) is 1. The predicted octanol–water partition coefficient (Wildman–Crippen LogP) is 4.59. The molecule has 4 rings (SSSR count). The average Bonchev–Trinajstić information content (AvgIpc) is 3.41. The molecule has 0 spiro atoms. The van der Waals surface area contributed by atoms with Crippen LogP contribution in [0.5, 0.6) is 5.75 Å². The highest BCUT2D eigenvalue weighted by atomic mass is 16.6. The first-order valence-electron chi connectivity index (χ1n) is 13.2. The normalized spacial score (nSPS) is 22.9. The Hall–Kier alpha value is -3.41. The number of ether oxygens (including phenoxy) is 5. The van der Waals surface area contributed by atoms with Crippen molar-refractivity contribution in [1.29, 1.82) is 5.26 Å². The molecule has 0 aromatic heterocycles. The van der Waals surface area contributed by atoms with Gasteiger partial charge in [-0.2, -0.15) is 5.26 Å². The maximum Gasteiger partial charge on any atom is 0.302 e. The van der Waals surface area contributed by atoms with E-state index in [9.17, 15) is 14.9 Å². The summed E-state index contributed by atoms with van der Waals surface area (Å²) in [5.41, 5.74) is 4.52. The molecule has 2 aromatic carbocycles. The van der Waals surface area contributed by atoms with Crippen LogP contribution < -0.4 is 4.74 Å². The maximum atomic E-state index is 11.8. The van der Waals surface area contributed by atoms with Crippen molar-refractivity contribution in [2.45, 2.75) is 77.3 Å². The van der Waals surface area contributed by atoms with E-state index < -0.39 is 24.3 Å². The molecule has 0 amide bonds. The Labute approximate surface area is 223 Å². The highest BCUT2D eigenvalue weighted by molar-refractivity contribution is 5.66. The number of rotatable bonds is 9. The molecule has 38 heavy (non-hydrogen) atoms. The van der Waals surface area contributed by atoms with E-state index in [1.807, 2.05) is 6.07 Å². The molecule has 0 radical (unpaired) electrons. The lowest BCUT2D eigenvalue weighted by molar-refractivity contribution is -0.169. The zero-order valence-corrected chi connectivity index (χ0v) is 22.2. The number of hydrogen-bond donors (Lipinski definition) is 0. The summed E-state index contributed by atoms with van der Waals surface area (Å²) in [4.78, 5) is 23.2. The van der Waals surface area contributed by atoms with Crippen molar-refractivity contribution in [3.63, 3.8) is 0 Å². The van der Waals surface area contributed by atoms with E-state index in [-0.39, 0.29) is 18.7 Å². The van der Waals surface area contributed by atoms with Crippen LogP contribution in [0.25, 0.3) is 0 Å². The van der Waals surface area contributed by atoms with E-state index in [0.29, 0.717) is 43.8 Å². The first-order chi connectivity index (χ1) is 18.3. The molecular formula is C30H35NO7. The van der Waals surface area contributed by atoms with E-state index in [1.54, 1.807) is 6.07 Å². The van der Waals surface area contributed by atoms with Crippen LogP contribution in [-0.4, -0.2) is 50.1 Å². The van der Waals surface area contributed by atoms with Crippen molar-refractivity contribution in [3.8, 4) is 11.8 Å². The van der Waals surface area contributed by atoms with Gasteiger partial charge in [0.2, 0.25) is 0 Å². The number of carbonyl (C=O) groups excluding carboxylic acids is 2. The molecule has 0 N–H and O–H groups in total. The molecular weight excluding hydrogens is 486 g/mol. The standard InChI is InChI=1S/C30H35NO7/c1-4-21-5-7-22(8-6-21)11-23-12-28(29(13-24(23)16-31)37-25-9-10-34-17-25)30-15-26(36-20(3)33)14-27(38-30)18-35-19(2)32/h5-8,12-13,25-27,30H,4,9-11,14-15,17-18H2,1-3H3/t25-,26-,27-,30+/m0/s1. The number of nitriles is 1. The second kappa shape index (κ2) is 12.9. The molecule has 4 atom stereocenters. The second-order valence-corrected chi connectivity index (χ2v) is 9.86. The van der Waals surface area contributed by atoms with Gasteiger partial charge >= 0.3 is 11.9 Å². The molecule has 2 aromatic rings. The van der Waals surface area contributed by atoms with Crippen molar-refractivity contribution in [1.82, 2.24) is 0 Å². The van der Waals surface area contributed by atoms with Gasteiger partial charge in [0.15, 0.2) is 0 Å². The second-order valence-electron chi connectivity index (χ2n) is 9.86. The van der Waals surface area contributed by atoms with Gasteiger partial charge < -0.3 is 23.7 Å². The van der Waals surface area contributed by atoms with E-state index in [1.165, 1.54) is 19.4 Å². The zero-order chi connectivity index (χ0) is 27.1. The van der Waals surface area contributed by atoms with Crippen molar-refractivity contribution in [2.24, 2.45) is 0 Å². The van der Waals surface area contributed by atoms with E-state index in [2.05, 4.69) is 37.3 Å². The molecule has 2 aliphatic rings. The zero-order valence-electron chi connectivity index (χ0n) is 22.2. The van der Waals surface area contributed by atoms with Crippen LogP contribution in [0, 0.1) is 11.3 Å². The van der Waals surface area contributed by atoms with Crippen molar-refractivity contribution in [2.75, 3.05) is 19.8 Å². The number of aryl methyl sites for hydroxylation is 1. The van der Waals surface area contributed by atoms with E-state index in [4.69, 9.17) is 23.7 Å². The summed E-state index contributed by atoms with van der Waals surface area (Å²) in [5.74, 6) is -0.223. The number of carbonyl (C=O) groups is 2. The van der Waals surface area contributed by atoms with Crippen molar-refractivity contribution < 1.29 is 33.3 Å². The van der Waals surface area contributed by atoms with Crippen LogP contribution >= 0.6 is 0 Å². The Bertz CT molecular complexity index is 1160. The minimum atomic E-state index is -0.486. The largest absolute Gasteiger partial charge is 0.487 e. The number of benzene rings is 2. The summed E-state index contributed by atoms with van der Waals surface area (Å²) in [6.07, 6.45) is 1.65. The van der Waals surface area contributed by atoms with E-state index >= 15 is 0 Å². The molecule has 0 saturated carbocycles. The van der Waals surface area contributed by atoms with Gasteiger partial charge in [0.05, 0.1) is 37.1 Å². The van der Waals surface area contributed by atoms with Gasteiger partial charge in [-0.15, -0.1) is 0 Å². The first-order valence-corrected chi connectivity index (χ1v) is 13.2. The van der Waals surface area contributed by atoms with E-state index in [0.717, 1.165) is 29.5 Å². The lowest BCUT2D eigenvalue weighted by Crippen LogP contribution is -2.37. The predicted molar refractivity (Wildman–Crippen MR) is 139 cm³/mol. The summed E-state index contributed by atoms with van der Waals surface area (Å²) in [6, 6.07) is 14.5. The fourth-order valence-corrected chi connectivity index (χ4v) is 4.97. The first kappa shape index (κ1) is 27.6. The fraction of sp³-hybridized carbons (Fsp3) is 0.500. The van der Waals surface area contributed by atoms with Gasteiger partial charge in [-0.25, -0.2) is 0 Å². The minimum absolute atomic E-state index is 0.0587. The smallest absolute Gasteiger partial charge is 0.302 e. The van der Waals surface area contributed by atoms with Crippen LogP contribution in [0.4, 0.5) is 0 Å². The van der Waals surface area contributed by atoms with Gasteiger partial charge in [-0.05, 0) is 41.7 Å². The Morgan fingerprint density at radius 1 is 1.05 bits per heavy atom. The third kappa shape index (κ3) is 7.33. The molecule has 2 heterocycles. The van der Waals surface area contributed by atoms with Crippen LogP contribution in [0.2, 0.25) is 0 Å². The maximum absolute atomic E-state index is 11.8. The monoisotopic (exact) mass is 521 g/mol. The van der Waals surface area contributed by atoms with Crippen molar-refractivity contribution >= 4 is 11.9 Å². The van der Waals surface area contributed by atoms with Gasteiger partial charge in [-0.3, -0.25) is 9.59 Å². The van der Waals surface area contributed by atoms with Gasteiger partial charge in [-0.1, -0.05) is 31.2 Å². The Balaban J connectivity index is 1.69. The van der Waals surface area contributed by atoms with Crippen LogP contribution in [0.15, 0.2) is 36.4 Å². The quantitative estimate of drug-likeness (QED) is 0.441. The third-order valence-electron chi connectivity index (χ3n) is 6.87. The molecule has 0 aliphatic carbocycles. The summed E-state index contributed by atoms with van der Waals surface area (Å²) in [5, 5.41) is 10.0.